The molecule has 0 amide bonds. The van der Waals surface area contributed by atoms with Crippen LogP contribution in [0, 0.1) is 13.8 Å². The Morgan fingerprint density at radius 2 is 1.86 bits per heavy atom. The van der Waals surface area contributed by atoms with Crippen molar-refractivity contribution < 1.29 is 4.74 Å². The van der Waals surface area contributed by atoms with E-state index in [1.165, 1.54) is 11.1 Å². The third-order valence-electron chi connectivity index (χ3n) is 3.45. The first-order valence-corrected chi connectivity index (χ1v) is 7.67. The van der Waals surface area contributed by atoms with Crippen LogP contribution in [-0.4, -0.2) is 4.98 Å². The number of para-hydroxylation sites is 1. The van der Waals surface area contributed by atoms with Crippen molar-refractivity contribution in [2.45, 2.75) is 20.5 Å². The molecule has 0 aliphatic rings. The van der Waals surface area contributed by atoms with Crippen molar-refractivity contribution in [3.63, 3.8) is 0 Å². The first-order chi connectivity index (χ1) is 10.1. The quantitative estimate of drug-likeness (QED) is 0.653. The van der Waals surface area contributed by atoms with Crippen LogP contribution in [0.25, 0.3) is 10.9 Å². The largest absolute Gasteiger partial charge is 0.489 e. The van der Waals surface area contributed by atoms with E-state index in [4.69, 9.17) is 4.74 Å². The van der Waals surface area contributed by atoms with Gasteiger partial charge in [0.2, 0.25) is 0 Å². The highest BCUT2D eigenvalue weighted by molar-refractivity contribution is 9.10. The van der Waals surface area contributed by atoms with Crippen LogP contribution >= 0.6 is 15.9 Å². The Labute approximate surface area is 132 Å². The van der Waals surface area contributed by atoms with E-state index in [0.717, 1.165) is 26.8 Å². The Bertz CT molecular complexity index is 798. The summed E-state index contributed by atoms with van der Waals surface area (Å²) in [4.78, 5) is 4.56. The maximum absolute atomic E-state index is 5.94. The lowest BCUT2D eigenvalue weighted by Crippen LogP contribution is -1.99. The second-order valence-corrected chi connectivity index (χ2v) is 5.99. The Morgan fingerprint density at radius 1 is 1.05 bits per heavy atom. The average molecular weight is 342 g/mol. The molecule has 0 spiro atoms. The number of hydrogen-bond donors (Lipinski definition) is 0. The zero-order valence-corrected chi connectivity index (χ0v) is 13.6. The SMILES string of the molecule is Cc1cc(COc2ccc(Br)c(C)c2)c2ccccc2n1. The summed E-state index contributed by atoms with van der Waals surface area (Å²) in [6.07, 6.45) is 0. The van der Waals surface area contributed by atoms with Crippen molar-refractivity contribution in [2.24, 2.45) is 0 Å². The molecule has 0 N–H and O–H groups in total. The Balaban J connectivity index is 1.89. The van der Waals surface area contributed by atoms with E-state index < -0.39 is 0 Å². The molecule has 0 fully saturated rings. The minimum Gasteiger partial charge on any atom is -0.489 e. The van der Waals surface area contributed by atoms with Gasteiger partial charge in [-0.2, -0.15) is 0 Å². The minimum atomic E-state index is 0.547. The van der Waals surface area contributed by atoms with Crippen molar-refractivity contribution in [1.82, 2.24) is 4.98 Å². The summed E-state index contributed by atoms with van der Waals surface area (Å²) in [7, 11) is 0. The standard InChI is InChI=1S/C18H16BrNO/c1-12-9-15(7-8-17(12)19)21-11-14-10-13(2)20-18-6-4-3-5-16(14)18/h3-10H,11H2,1-2H3. The van der Waals surface area contributed by atoms with E-state index in [2.05, 4.69) is 40.0 Å². The zero-order chi connectivity index (χ0) is 14.8. The molecule has 106 valence electrons. The van der Waals surface area contributed by atoms with Crippen molar-refractivity contribution in [1.29, 1.82) is 0 Å². The Hall–Kier alpha value is -1.87. The highest BCUT2D eigenvalue weighted by Gasteiger charge is 2.05. The van der Waals surface area contributed by atoms with Gasteiger partial charge in [0.25, 0.3) is 0 Å². The van der Waals surface area contributed by atoms with E-state index >= 15 is 0 Å². The molecule has 0 aliphatic heterocycles. The van der Waals surface area contributed by atoms with Crippen LogP contribution in [0.15, 0.2) is 53.0 Å². The van der Waals surface area contributed by atoms with E-state index in [9.17, 15) is 0 Å². The van der Waals surface area contributed by atoms with Crippen LogP contribution in [-0.2, 0) is 6.61 Å². The van der Waals surface area contributed by atoms with Crippen molar-refractivity contribution in [3.8, 4) is 5.75 Å². The van der Waals surface area contributed by atoms with Gasteiger partial charge in [0.15, 0.2) is 0 Å². The van der Waals surface area contributed by atoms with E-state index in [-0.39, 0.29) is 0 Å². The van der Waals surface area contributed by atoms with Gasteiger partial charge in [-0.15, -0.1) is 0 Å². The summed E-state index contributed by atoms with van der Waals surface area (Å²) in [6.45, 7) is 4.62. The molecular formula is C18H16BrNO. The summed E-state index contributed by atoms with van der Waals surface area (Å²) in [5.74, 6) is 0.884. The van der Waals surface area contributed by atoms with E-state index in [1.807, 2.05) is 43.3 Å². The molecule has 0 saturated heterocycles. The molecule has 0 bridgehead atoms. The number of hydrogen-bond acceptors (Lipinski definition) is 2. The second-order valence-electron chi connectivity index (χ2n) is 5.14. The topological polar surface area (TPSA) is 22.1 Å². The summed E-state index contributed by atoms with van der Waals surface area (Å²) < 4.78 is 7.04. The fraction of sp³-hybridized carbons (Fsp3) is 0.167. The first kappa shape index (κ1) is 14.1. The van der Waals surface area contributed by atoms with Crippen LogP contribution < -0.4 is 4.74 Å². The monoisotopic (exact) mass is 341 g/mol. The molecule has 2 nitrogen and oxygen atoms in total. The second kappa shape index (κ2) is 5.86. The van der Waals surface area contributed by atoms with Gasteiger partial charge in [-0.05, 0) is 49.7 Å². The number of aryl methyl sites for hydroxylation is 2. The fourth-order valence-electron chi connectivity index (χ4n) is 2.38. The predicted octanol–water partition coefficient (Wildman–Crippen LogP) is 5.19. The molecule has 0 saturated carbocycles. The fourth-order valence-corrected chi connectivity index (χ4v) is 2.63. The molecule has 2 aromatic carbocycles. The number of halogens is 1. The third kappa shape index (κ3) is 3.08. The number of fused-ring (bicyclic) bond motifs is 1. The number of rotatable bonds is 3. The normalized spacial score (nSPS) is 10.8. The number of ether oxygens (including phenoxy) is 1. The molecule has 3 rings (SSSR count). The van der Waals surface area contributed by atoms with Gasteiger partial charge in [-0.1, -0.05) is 34.1 Å². The molecule has 21 heavy (non-hydrogen) atoms. The summed E-state index contributed by atoms with van der Waals surface area (Å²) in [5, 5.41) is 1.15. The lowest BCUT2D eigenvalue weighted by molar-refractivity contribution is 0.307. The van der Waals surface area contributed by atoms with Gasteiger partial charge in [-0.3, -0.25) is 4.98 Å². The molecule has 1 heterocycles. The van der Waals surface area contributed by atoms with Gasteiger partial charge in [0, 0.05) is 21.1 Å². The molecular weight excluding hydrogens is 326 g/mol. The van der Waals surface area contributed by atoms with E-state index in [0.29, 0.717) is 6.61 Å². The van der Waals surface area contributed by atoms with E-state index in [1.54, 1.807) is 0 Å². The molecule has 0 unspecified atom stereocenters. The molecule has 3 heteroatoms. The van der Waals surface area contributed by atoms with Gasteiger partial charge in [0.1, 0.15) is 12.4 Å². The van der Waals surface area contributed by atoms with Crippen LogP contribution in [0.5, 0.6) is 5.75 Å². The Kier molecular flexibility index (Phi) is 3.93. The summed E-state index contributed by atoms with van der Waals surface area (Å²) in [5.41, 5.74) is 4.37. The lowest BCUT2D eigenvalue weighted by atomic mass is 10.1. The average Bonchev–Trinajstić information content (AvgIpc) is 2.48. The highest BCUT2D eigenvalue weighted by atomic mass is 79.9. The number of aromatic nitrogens is 1. The van der Waals surface area contributed by atoms with Crippen molar-refractivity contribution in [3.05, 3.63) is 69.8 Å². The van der Waals surface area contributed by atoms with Crippen LogP contribution in [0.3, 0.4) is 0 Å². The number of pyridine rings is 1. The summed E-state index contributed by atoms with van der Waals surface area (Å²) >= 11 is 3.50. The van der Waals surface area contributed by atoms with Crippen LogP contribution in [0.2, 0.25) is 0 Å². The molecule has 3 aromatic rings. The van der Waals surface area contributed by atoms with Crippen molar-refractivity contribution in [2.75, 3.05) is 0 Å². The summed E-state index contributed by atoms with van der Waals surface area (Å²) in [6, 6.07) is 16.3. The van der Waals surface area contributed by atoms with Gasteiger partial charge in [0.05, 0.1) is 5.52 Å². The molecule has 0 radical (unpaired) electrons. The van der Waals surface area contributed by atoms with Crippen LogP contribution in [0.1, 0.15) is 16.8 Å². The third-order valence-corrected chi connectivity index (χ3v) is 4.34. The Morgan fingerprint density at radius 3 is 2.67 bits per heavy atom. The number of nitrogens with zero attached hydrogens (tertiary/aromatic N) is 1. The smallest absolute Gasteiger partial charge is 0.120 e. The lowest BCUT2D eigenvalue weighted by Gasteiger charge is -2.11. The number of benzene rings is 2. The van der Waals surface area contributed by atoms with Crippen molar-refractivity contribution >= 4 is 26.8 Å². The molecule has 1 aromatic heterocycles. The molecule has 0 atom stereocenters. The molecule has 0 aliphatic carbocycles. The van der Waals surface area contributed by atoms with Gasteiger partial charge < -0.3 is 4.74 Å². The zero-order valence-electron chi connectivity index (χ0n) is 12.1. The van der Waals surface area contributed by atoms with Gasteiger partial charge in [-0.25, -0.2) is 0 Å². The predicted molar refractivity (Wildman–Crippen MR) is 89.7 cm³/mol. The minimum absolute atomic E-state index is 0.547. The van der Waals surface area contributed by atoms with Crippen LogP contribution in [0.4, 0.5) is 0 Å². The maximum Gasteiger partial charge on any atom is 0.120 e. The van der Waals surface area contributed by atoms with Gasteiger partial charge >= 0.3 is 0 Å². The highest BCUT2D eigenvalue weighted by Crippen LogP contribution is 2.24. The first-order valence-electron chi connectivity index (χ1n) is 6.88. The maximum atomic E-state index is 5.94.